The maximum atomic E-state index is 12.9. The van der Waals surface area contributed by atoms with Gasteiger partial charge in [0.15, 0.2) is 0 Å². The molecule has 0 aliphatic heterocycles. The zero-order valence-electron chi connectivity index (χ0n) is 21.5. The van der Waals surface area contributed by atoms with Gasteiger partial charge in [-0.2, -0.15) is 0 Å². The Bertz CT molecular complexity index is 714. The van der Waals surface area contributed by atoms with Crippen LogP contribution in [0.15, 0.2) is 18.2 Å². The van der Waals surface area contributed by atoms with Crippen molar-refractivity contribution in [1.29, 1.82) is 0 Å². The summed E-state index contributed by atoms with van der Waals surface area (Å²) >= 11 is 0. The standard InChI is InChI=1S/C24H42N2O7/c1-23(2,3)25(27)20-15-19(16-21(17-20)26(28)24(4,5)6)22(30-8)18-33-14-13-32-12-11-31-10-9-29-7/h15-17,22H,9-14,18H2,1-8H3. The molecule has 0 heterocycles. The molecule has 0 aromatic heterocycles. The lowest BCUT2D eigenvalue weighted by atomic mass is 10.0. The number of ether oxygens (including phenoxy) is 5. The maximum Gasteiger partial charge on any atom is 0.259 e. The first-order chi connectivity index (χ1) is 15.4. The molecule has 9 nitrogen and oxygen atoms in total. The topological polar surface area (TPSA) is 92.5 Å². The molecule has 1 aromatic rings. The monoisotopic (exact) mass is 470 g/mol. The third-order valence-corrected chi connectivity index (χ3v) is 4.71. The molecule has 0 amide bonds. The van der Waals surface area contributed by atoms with Crippen molar-refractivity contribution >= 4 is 11.4 Å². The second-order valence-corrected chi connectivity index (χ2v) is 9.73. The van der Waals surface area contributed by atoms with Gasteiger partial charge in [0, 0.05) is 68.0 Å². The Hall–Kier alpha value is -1.62. The molecule has 1 unspecified atom stereocenters. The number of rotatable bonds is 15. The molecule has 0 aliphatic rings. The van der Waals surface area contributed by atoms with E-state index in [-0.39, 0.29) is 6.61 Å². The fourth-order valence-corrected chi connectivity index (χ4v) is 2.89. The molecule has 1 aromatic carbocycles. The fraction of sp³-hybridized carbons (Fsp3) is 0.750. The molecule has 0 saturated heterocycles. The highest BCUT2D eigenvalue weighted by Gasteiger charge is 2.33. The van der Waals surface area contributed by atoms with Crippen LogP contribution in [-0.4, -0.2) is 76.3 Å². The molecule has 9 heteroatoms. The Morgan fingerprint density at radius 3 is 1.91 bits per heavy atom. The van der Waals surface area contributed by atoms with E-state index in [0.717, 1.165) is 9.82 Å². The van der Waals surface area contributed by atoms with Gasteiger partial charge >= 0.3 is 0 Å². The van der Waals surface area contributed by atoms with Crippen LogP contribution >= 0.6 is 0 Å². The molecule has 1 rings (SSSR count). The van der Waals surface area contributed by atoms with Crippen LogP contribution in [0.4, 0.5) is 11.4 Å². The summed E-state index contributed by atoms with van der Waals surface area (Å²) in [5, 5.41) is 13.8. The third-order valence-electron chi connectivity index (χ3n) is 4.71. The predicted octanol–water partition coefficient (Wildman–Crippen LogP) is 4.38. The molecule has 0 N–H and O–H groups in total. The SMILES string of the molecule is COCCOCCOCCOCC(OC)c1cc(N([O-])C(C)(C)C)cc([N+](=O)C(C)(C)C)c1. The average molecular weight is 471 g/mol. The van der Waals surface area contributed by atoms with E-state index in [2.05, 4.69) is 0 Å². The summed E-state index contributed by atoms with van der Waals surface area (Å²) in [7, 11) is 3.20. The zero-order chi connectivity index (χ0) is 25.1. The maximum absolute atomic E-state index is 12.9. The Morgan fingerprint density at radius 2 is 1.42 bits per heavy atom. The van der Waals surface area contributed by atoms with Crippen molar-refractivity contribution in [1.82, 2.24) is 0 Å². The van der Waals surface area contributed by atoms with Gasteiger partial charge < -0.3 is 34.0 Å². The number of benzene rings is 1. The summed E-state index contributed by atoms with van der Waals surface area (Å²) in [6.45, 7) is 14.1. The highest BCUT2D eigenvalue weighted by Crippen LogP contribution is 2.33. The minimum absolute atomic E-state index is 0.260. The quantitative estimate of drug-likeness (QED) is 0.212. The molecule has 0 spiro atoms. The molecular weight excluding hydrogens is 428 g/mol. The van der Waals surface area contributed by atoms with Gasteiger partial charge in [-0.1, -0.05) is 0 Å². The van der Waals surface area contributed by atoms with Crippen LogP contribution in [0, 0.1) is 10.1 Å². The molecule has 0 aliphatic carbocycles. The number of hydrogen-bond donors (Lipinski definition) is 0. The largest absolute Gasteiger partial charge is 0.758 e. The smallest absolute Gasteiger partial charge is 0.259 e. The van der Waals surface area contributed by atoms with Crippen LogP contribution in [0.5, 0.6) is 0 Å². The second kappa shape index (κ2) is 13.9. The number of anilines is 1. The van der Waals surface area contributed by atoms with Crippen LogP contribution in [0.3, 0.4) is 0 Å². The van der Waals surface area contributed by atoms with Crippen molar-refractivity contribution in [3.05, 3.63) is 33.9 Å². The van der Waals surface area contributed by atoms with Crippen LogP contribution in [0.1, 0.15) is 53.2 Å². The number of hydrogen-bond acceptors (Lipinski definition) is 8. The number of nitrogens with zero attached hydrogens (tertiary/aromatic N) is 2. The van der Waals surface area contributed by atoms with Gasteiger partial charge in [-0.05, 0) is 32.4 Å². The minimum atomic E-state index is -0.658. The summed E-state index contributed by atoms with van der Waals surface area (Å²) in [4.78, 5) is 12.9. The first kappa shape index (κ1) is 29.4. The van der Waals surface area contributed by atoms with Crippen molar-refractivity contribution in [2.75, 3.05) is 65.5 Å². The van der Waals surface area contributed by atoms with E-state index < -0.39 is 17.2 Å². The van der Waals surface area contributed by atoms with E-state index in [1.54, 1.807) is 32.4 Å². The van der Waals surface area contributed by atoms with Crippen molar-refractivity contribution in [2.24, 2.45) is 0 Å². The first-order valence-corrected chi connectivity index (χ1v) is 11.3. The molecule has 0 saturated carbocycles. The van der Waals surface area contributed by atoms with Crippen LogP contribution in [-0.2, 0) is 23.7 Å². The average Bonchev–Trinajstić information content (AvgIpc) is 2.75. The minimum Gasteiger partial charge on any atom is -0.758 e. The lowest BCUT2D eigenvalue weighted by Gasteiger charge is -2.43. The van der Waals surface area contributed by atoms with Crippen molar-refractivity contribution in [2.45, 2.75) is 58.7 Å². The zero-order valence-corrected chi connectivity index (χ0v) is 21.5. The van der Waals surface area contributed by atoms with Gasteiger partial charge in [0.05, 0.1) is 46.2 Å². The predicted molar refractivity (Wildman–Crippen MR) is 129 cm³/mol. The molecular formula is C24H42N2O7. The third kappa shape index (κ3) is 10.5. The van der Waals surface area contributed by atoms with E-state index in [4.69, 9.17) is 23.7 Å². The Morgan fingerprint density at radius 1 is 0.879 bits per heavy atom. The highest BCUT2D eigenvalue weighted by molar-refractivity contribution is 5.58. The summed E-state index contributed by atoms with van der Waals surface area (Å²) in [5.74, 6) is 0. The van der Waals surface area contributed by atoms with Crippen LogP contribution in [0.25, 0.3) is 0 Å². The van der Waals surface area contributed by atoms with Crippen LogP contribution < -0.4 is 5.06 Å². The van der Waals surface area contributed by atoms with E-state index in [9.17, 15) is 10.1 Å². The van der Waals surface area contributed by atoms with Gasteiger partial charge in [0.1, 0.15) is 6.10 Å². The highest BCUT2D eigenvalue weighted by atomic mass is 16.6. The molecule has 0 fully saturated rings. The summed E-state index contributed by atoms with van der Waals surface area (Å²) in [6.07, 6.45) is -0.442. The Kier molecular flexibility index (Phi) is 12.4. The lowest BCUT2D eigenvalue weighted by Crippen LogP contribution is -2.36. The molecule has 33 heavy (non-hydrogen) atoms. The second-order valence-electron chi connectivity index (χ2n) is 9.73. The molecule has 0 radical (unpaired) electrons. The summed E-state index contributed by atoms with van der Waals surface area (Å²) < 4.78 is 28.0. The number of methoxy groups -OCH3 is 2. The van der Waals surface area contributed by atoms with Crippen molar-refractivity contribution in [3.63, 3.8) is 0 Å². The van der Waals surface area contributed by atoms with E-state index in [1.165, 1.54) is 0 Å². The van der Waals surface area contributed by atoms with Gasteiger partial charge in [-0.3, -0.25) is 0 Å². The van der Waals surface area contributed by atoms with Gasteiger partial charge in [-0.15, -0.1) is 0 Å². The van der Waals surface area contributed by atoms with Gasteiger partial charge in [0.2, 0.25) is 5.54 Å². The van der Waals surface area contributed by atoms with E-state index >= 15 is 0 Å². The van der Waals surface area contributed by atoms with E-state index in [0.29, 0.717) is 56.6 Å². The molecule has 0 bridgehead atoms. The number of hydroxylamine groups is 1. The van der Waals surface area contributed by atoms with Gasteiger partial charge in [0.25, 0.3) is 5.69 Å². The number of nitroso groups, excluding NO2 is 1. The normalized spacial score (nSPS) is 13.2. The van der Waals surface area contributed by atoms with E-state index in [1.807, 2.05) is 41.5 Å². The summed E-state index contributed by atoms with van der Waals surface area (Å²) in [5.41, 5.74) is 0.190. The fourth-order valence-electron chi connectivity index (χ4n) is 2.89. The summed E-state index contributed by atoms with van der Waals surface area (Å²) in [6, 6.07) is 5.13. The molecule has 190 valence electrons. The first-order valence-electron chi connectivity index (χ1n) is 11.3. The van der Waals surface area contributed by atoms with Crippen molar-refractivity contribution in [3.8, 4) is 0 Å². The lowest BCUT2D eigenvalue weighted by molar-refractivity contribution is -0.540. The Balaban J connectivity index is 2.81. The van der Waals surface area contributed by atoms with Gasteiger partial charge in [-0.25, -0.2) is 0 Å². The van der Waals surface area contributed by atoms with Crippen molar-refractivity contribution < 1.29 is 28.4 Å². The van der Waals surface area contributed by atoms with Crippen LogP contribution in [0.2, 0.25) is 0 Å². The Labute approximate surface area is 198 Å². The molecule has 1 atom stereocenters.